The topological polar surface area (TPSA) is 60.0 Å². The molecule has 1 aliphatic carbocycles. The second-order valence-electron chi connectivity index (χ2n) is 5.45. The largest absolute Gasteiger partial charge is 0.338 e. The summed E-state index contributed by atoms with van der Waals surface area (Å²) in [5.74, 6) is 3.28. The predicted octanol–water partition coefficient (Wildman–Crippen LogP) is 1.72. The molecule has 1 atom stereocenters. The summed E-state index contributed by atoms with van der Waals surface area (Å²) in [5, 5.41) is 4.09. The molecule has 1 aliphatic heterocycles. The van der Waals surface area contributed by atoms with Gasteiger partial charge in [-0.3, -0.25) is 4.90 Å². The second-order valence-corrected chi connectivity index (χ2v) is 5.45. The molecule has 2 aliphatic rings. The molecule has 0 bridgehead atoms. The van der Waals surface area contributed by atoms with Crippen molar-refractivity contribution in [2.75, 3.05) is 6.54 Å². The van der Waals surface area contributed by atoms with Gasteiger partial charge in [0, 0.05) is 31.4 Å². The molecule has 6 heteroatoms. The molecular weight excluding hydrogens is 242 g/mol. The summed E-state index contributed by atoms with van der Waals surface area (Å²) in [7, 11) is 0. The third-order valence-electron chi connectivity index (χ3n) is 4.08. The van der Waals surface area contributed by atoms with Crippen LogP contribution in [0, 0.1) is 0 Å². The fourth-order valence-electron chi connectivity index (χ4n) is 2.60. The maximum atomic E-state index is 5.42. The van der Waals surface area contributed by atoms with E-state index in [1.165, 1.54) is 12.8 Å². The predicted molar refractivity (Wildman–Crippen MR) is 67.3 cm³/mol. The highest BCUT2D eigenvalue weighted by Crippen LogP contribution is 2.38. The number of aromatic nitrogens is 4. The molecule has 19 heavy (non-hydrogen) atoms. The first-order chi connectivity index (χ1) is 9.31. The molecule has 1 saturated carbocycles. The molecule has 0 spiro atoms. The van der Waals surface area contributed by atoms with Gasteiger partial charge in [-0.15, -0.1) is 0 Å². The fraction of sp³-hybridized carbons (Fsp3) is 0.615. The van der Waals surface area contributed by atoms with E-state index in [0.29, 0.717) is 5.92 Å². The number of fused-ring (bicyclic) bond motifs is 1. The highest BCUT2D eigenvalue weighted by Gasteiger charge is 2.31. The number of hydrogen-bond acceptors (Lipinski definition) is 5. The Hall–Kier alpha value is -1.69. The highest BCUT2D eigenvalue weighted by molar-refractivity contribution is 5.05. The van der Waals surface area contributed by atoms with Crippen LogP contribution in [0.3, 0.4) is 0 Å². The smallest absolute Gasteiger partial charge is 0.243 e. The van der Waals surface area contributed by atoms with Crippen LogP contribution in [-0.2, 0) is 13.1 Å². The summed E-state index contributed by atoms with van der Waals surface area (Å²) in [6, 6.07) is 0.158. The molecule has 6 nitrogen and oxygen atoms in total. The van der Waals surface area contributed by atoms with Gasteiger partial charge in [0.15, 0.2) is 5.82 Å². The first-order valence-corrected chi connectivity index (χ1v) is 6.89. The Morgan fingerprint density at radius 3 is 3.11 bits per heavy atom. The summed E-state index contributed by atoms with van der Waals surface area (Å²) < 4.78 is 7.62. The van der Waals surface area contributed by atoms with Crippen LogP contribution in [0.5, 0.6) is 0 Å². The Labute approximate surface area is 111 Å². The number of nitrogens with zero attached hydrogens (tertiary/aromatic N) is 5. The fourth-order valence-corrected chi connectivity index (χ4v) is 2.60. The molecule has 3 heterocycles. The summed E-state index contributed by atoms with van der Waals surface area (Å²) in [5.41, 5.74) is 0. The van der Waals surface area contributed by atoms with E-state index in [4.69, 9.17) is 4.52 Å². The van der Waals surface area contributed by atoms with E-state index in [1.807, 2.05) is 12.4 Å². The number of imidazole rings is 1. The Morgan fingerprint density at radius 1 is 1.37 bits per heavy atom. The van der Waals surface area contributed by atoms with Gasteiger partial charge in [0.05, 0.1) is 12.6 Å². The van der Waals surface area contributed by atoms with Crippen molar-refractivity contribution in [1.82, 2.24) is 24.6 Å². The quantitative estimate of drug-likeness (QED) is 0.840. The van der Waals surface area contributed by atoms with Gasteiger partial charge < -0.3 is 9.09 Å². The van der Waals surface area contributed by atoms with E-state index in [0.717, 1.165) is 37.2 Å². The van der Waals surface area contributed by atoms with Gasteiger partial charge in [-0.25, -0.2) is 4.98 Å². The minimum atomic E-state index is 0.158. The standard InChI is InChI=1S/C13H17N5O/c1-9(13-15-12(16-19-13)10-2-3-10)18-7-6-17-5-4-14-11(17)8-18/h4-5,9-10H,2-3,6-8H2,1H3. The first-order valence-electron chi connectivity index (χ1n) is 6.89. The molecule has 2 aromatic heterocycles. The average Bonchev–Trinajstić information content (AvgIpc) is 3.00. The SMILES string of the molecule is CC(c1nc(C2CC2)no1)N1CCn2ccnc2C1. The third-order valence-corrected chi connectivity index (χ3v) is 4.08. The molecule has 0 aromatic carbocycles. The average molecular weight is 259 g/mol. The lowest BCUT2D eigenvalue weighted by atomic mass is 10.2. The lowest BCUT2D eigenvalue weighted by molar-refractivity contribution is 0.136. The Balaban J connectivity index is 1.52. The van der Waals surface area contributed by atoms with Crippen molar-refractivity contribution >= 4 is 0 Å². The van der Waals surface area contributed by atoms with Gasteiger partial charge in [-0.05, 0) is 19.8 Å². The van der Waals surface area contributed by atoms with Crippen molar-refractivity contribution in [3.8, 4) is 0 Å². The molecule has 0 N–H and O–H groups in total. The minimum Gasteiger partial charge on any atom is -0.338 e. The third kappa shape index (κ3) is 1.96. The molecular formula is C13H17N5O. The maximum absolute atomic E-state index is 5.42. The van der Waals surface area contributed by atoms with Crippen LogP contribution in [-0.4, -0.2) is 31.1 Å². The summed E-state index contributed by atoms with van der Waals surface area (Å²) >= 11 is 0. The summed E-state index contributed by atoms with van der Waals surface area (Å²) in [6.07, 6.45) is 6.31. The van der Waals surface area contributed by atoms with E-state index >= 15 is 0 Å². The van der Waals surface area contributed by atoms with Gasteiger partial charge in [-0.1, -0.05) is 5.16 Å². The van der Waals surface area contributed by atoms with Gasteiger partial charge >= 0.3 is 0 Å². The van der Waals surface area contributed by atoms with Gasteiger partial charge in [0.25, 0.3) is 0 Å². The van der Waals surface area contributed by atoms with E-state index in [-0.39, 0.29) is 6.04 Å². The van der Waals surface area contributed by atoms with E-state index in [9.17, 15) is 0 Å². The van der Waals surface area contributed by atoms with Gasteiger partial charge in [-0.2, -0.15) is 4.98 Å². The monoisotopic (exact) mass is 259 g/mol. The Kier molecular flexibility index (Phi) is 2.44. The van der Waals surface area contributed by atoms with Gasteiger partial charge in [0.2, 0.25) is 5.89 Å². The normalized spacial score (nSPS) is 21.3. The van der Waals surface area contributed by atoms with Crippen molar-refractivity contribution in [3.63, 3.8) is 0 Å². The second kappa shape index (κ2) is 4.16. The molecule has 1 unspecified atom stereocenters. The molecule has 0 saturated heterocycles. The number of rotatable bonds is 3. The van der Waals surface area contributed by atoms with Crippen LogP contribution in [0.1, 0.15) is 49.3 Å². The van der Waals surface area contributed by atoms with Crippen molar-refractivity contribution in [2.45, 2.75) is 44.8 Å². The van der Waals surface area contributed by atoms with Crippen molar-refractivity contribution in [3.05, 3.63) is 29.9 Å². The minimum absolute atomic E-state index is 0.158. The van der Waals surface area contributed by atoms with Crippen LogP contribution >= 0.6 is 0 Å². The zero-order valence-corrected chi connectivity index (χ0v) is 11.0. The molecule has 100 valence electrons. The molecule has 4 rings (SSSR count). The Bertz CT molecular complexity index is 585. The van der Waals surface area contributed by atoms with Gasteiger partial charge in [0.1, 0.15) is 5.82 Å². The van der Waals surface area contributed by atoms with Crippen LogP contribution in [0.4, 0.5) is 0 Å². The molecule has 0 amide bonds. The van der Waals surface area contributed by atoms with Crippen LogP contribution in [0.15, 0.2) is 16.9 Å². The summed E-state index contributed by atoms with van der Waals surface area (Å²) in [6.45, 7) is 4.94. The van der Waals surface area contributed by atoms with Crippen molar-refractivity contribution in [2.24, 2.45) is 0 Å². The first kappa shape index (κ1) is 11.2. The lowest BCUT2D eigenvalue weighted by Crippen LogP contribution is -2.35. The summed E-state index contributed by atoms with van der Waals surface area (Å²) in [4.78, 5) is 11.3. The maximum Gasteiger partial charge on any atom is 0.243 e. The van der Waals surface area contributed by atoms with E-state index < -0.39 is 0 Å². The molecule has 1 fully saturated rings. The number of hydrogen-bond donors (Lipinski definition) is 0. The van der Waals surface area contributed by atoms with Crippen molar-refractivity contribution in [1.29, 1.82) is 0 Å². The van der Waals surface area contributed by atoms with Crippen LogP contribution < -0.4 is 0 Å². The van der Waals surface area contributed by atoms with E-state index in [1.54, 1.807) is 0 Å². The zero-order chi connectivity index (χ0) is 12.8. The Morgan fingerprint density at radius 2 is 2.26 bits per heavy atom. The zero-order valence-electron chi connectivity index (χ0n) is 11.0. The highest BCUT2D eigenvalue weighted by atomic mass is 16.5. The molecule has 2 aromatic rings. The van der Waals surface area contributed by atoms with Crippen molar-refractivity contribution < 1.29 is 4.52 Å². The van der Waals surface area contributed by atoms with Crippen LogP contribution in [0.2, 0.25) is 0 Å². The lowest BCUT2D eigenvalue weighted by Gasteiger charge is -2.30. The molecule has 0 radical (unpaired) electrons. The van der Waals surface area contributed by atoms with Crippen LogP contribution in [0.25, 0.3) is 0 Å². The van der Waals surface area contributed by atoms with E-state index in [2.05, 4.69) is 31.5 Å².